The number of hydrogen-bond acceptors (Lipinski definition) is 7. The third-order valence-corrected chi connectivity index (χ3v) is 8.72. The third-order valence-electron chi connectivity index (χ3n) is 7.44. The summed E-state index contributed by atoms with van der Waals surface area (Å²) < 4.78 is 20.8. The van der Waals surface area contributed by atoms with Gasteiger partial charge < -0.3 is 20.7 Å². The molecule has 3 N–H and O–H groups in total. The van der Waals surface area contributed by atoms with Crippen molar-refractivity contribution in [3.63, 3.8) is 0 Å². The Hall–Kier alpha value is -3.05. The first-order valence-corrected chi connectivity index (χ1v) is 14.7. The Labute approximate surface area is 251 Å². The number of aromatic nitrogens is 1. The van der Waals surface area contributed by atoms with Crippen molar-refractivity contribution in [3.8, 4) is 0 Å². The lowest BCUT2D eigenvalue weighted by Crippen LogP contribution is -2.49. The van der Waals surface area contributed by atoms with Crippen molar-refractivity contribution in [2.45, 2.75) is 57.5 Å². The van der Waals surface area contributed by atoms with Gasteiger partial charge in [0.05, 0.1) is 17.7 Å². The maximum absolute atomic E-state index is 15.8. The zero-order chi connectivity index (χ0) is 29.7. The molecule has 1 fully saturated rings. The molecule has 0 bridgehead atoms. The van der Waals surface area contributed by atoms with Crippen molar-refractivity contribution < 1.29 is 23.5 Å². The Kier molecular flexibility index (Phi) is 7.88. The number of carbonyl (C=O) groups excluding carboxylic acids is 3. The van der Waals surface area contributed by atoms with Gasteiger partial charge >= 0.3 is 5.97 Å². The zero-order valence-corrected chi connectivity index (χ0v) is 25.1. The number of nitrogens with zero attached hydrogens (tertiary/aromatic N) is 1. The van der Waals surface area contributed by atoms with Crippen LogP contribution in [0.1, 0.15) is 61.6 Å². The second kappa shape index (κ2) is 11.0. The number of benzene rings is 2. The Balaban J connectivity index is 1.66. The molecular formula is C29H29Cl2FN4O4S. The van der Waals surface area contributed by atoms with E-state index in [1.54, 1.807) is 37.3 Å². The summed E-state index contributed by atoms with van der Waals surface area (Å²) in [6.07, 6.45) is 0.481. The van der Waals surface area contributed by atoms with Crippen LogP contribution in [0.15, 0.2) is 41.8 Å². The van der Waals surface area contributed by atoms with Gasteiger partial charge in [0.1, 0.15) is 11.2 Å². The molecule has 2 aliphatic heterocycles. The van der Waals surface area contributed by atoms with Crippen molar-refractivity contribution in [2.75, 3.05) is 17.2 Å². The molecule has 0 unspecified atom stereocenters. The lowest BCUT2D eigenvalue weighted by molar-refractivity contribution is -0.122. The lowest BCUT2D eigenvalue weighted by atomic mass is 9.62. The maximum Gasteiger partial charge on any atom is 0.357 e. The monoisotopic (exact) mass is 618 g/mol. The predicted molar refractivity (Wildman–Crippen MR) is 157 cm³/mol. The molecular weight excluding hydrogens is 590 g/mol. The average molecular weight is 620 g/mol. The molecule has 8 nitrogen and oxygen atoms in total. The minimum atomic E-state index is -1.38. The molecule has 2 aliphatic rings. The number of hydrogen-bond donors (Lipinski definition) is 3. The smallest absolute Gasteiger partial charge is 0.357 e. The molecule has 3 heterocycles. The number of anilines is 2. The number of esters is 1. The Morgan fingerprint density at radius 1 is 1.22 bits per heavy atom. The molecule has 41 heavy (non-hydrogen) atoms. The first kappa shape index (κ1) is 29.4. The number of amides is 2. The minimum Gasteiger partial charge on any atom is -0.461 e. The highest BCUT2D eigenvalue weighted by Gasteiger charge is 2.66. The molecule has 12 heteroatoms. The van der Waals surface area contributed by atoms with Crippen LogP contribution in [0.2, 0.25) is 10.0 Å². The van der Waals surface area contributed by atoms with E-state index in [2.05, 4.69) is 20.9 Å². The van der Waals surface area contributed by atoms with Crippen molar-refractivity contribution >= 4 is 63.1 Å². The fourth-order valence-electron chi connectivity index (χ4n) is 5.97. The fraction of sp³-hybridized carbons (Fsp3) is 0.379. The summed E-state index contributed by atoms with van der Waals surface area (Å²) in [6.45, 7) is 7.97. The molecule has 2 aromatic carbocycles. The molecule has 0 saturated carbocycles. The van der Waals surface area contributed by atoms with Crippen molar-refractivity contribution in [3.05, 3.63) is 74.5 Å². The van der Waals surface area contributed by atoms with E-state index < -0.39 is 41.1 Å². The van der Waals surface area contributed by atoms with E-state index in [0.29, 0.717) is 22.7 Å². The molecule has 5 rings (SSSR count). The lowest BCUT2D eigenvalue weighted by Gasteiger charge is -2.37. The van der Waals surface area contributed by atoms with E-state index in [1.807, 2.05) is 20.8 Å². The first-order valence-electron chi connectivity index (χ1n) is 13.1. The van der Waals surface area contributed by atoms with Gasteiger partial charge in [-0.05, 0) is 48.1 Å². The summed E-state index contributed by atoms with van der Waals surface area (Å²) in [4.78, 5) is 44.5. The highest BCUT2D eigenvalue weighted by atomic mass is 35.5. The number of thiazole rings is 1. The van der Waals surface area contributed by atoms with Gasteiger partial charge in [0.25, 0.3) is 0 Å². The summed E-state index contributed by atoms with van der Waals surface area (Å²) in [7, 11) is 0. The van der Waals surface area contributed by atoms with Gasteiger partial charge in [0.15, 0.2) is 10.8 Å². The molecule has 2 amide bonds. The summed E-state index contributed by atoms with van der Waals surface area (Å²) in [5.41, 5.74) is -0.326. The molecule has 4 atom stereocenters. The van der Waals surface area contributed by atoms with Crippen molar-refractivity contribution in [2.24, 2.45) is 5.41 Å². The van der Waals surface area contributed by atoms with E-state index in [9.17, 15) is 14.4 Å². The maximum atomic E-state index is 15.8. The van der Waals surface area contributed by atoms with Gasteiger partial charge in [-0.1, -0.05) is 62.2 Å². The molecule has 0 radical (unpaired) electrons. The van der Waals surface area contributed by atoms with Gasteiger partial charge in [-0.3, -0.25) is 9.59 Å². The number of fused-ring (bicyclic) bond motifs is 2. The fourth-order valence-corrected chi connectivity index (χ4v) is 7.00. The Morgan fingerprint density at radius 2 is 1.98 bits per heavy atom. The van der Waals surface area contributed by atoms with E-state index in [4.69, 9.17) is 27.9 Å². The Bertz CT molecular complexity index is 1540. The standard InChI is InChI=1S/C29H29Cl2FN4O4S/c1-5-40-25(38)19-13-41-27(34-19)36-24(37)23-21(15-7-6-8-17(31)22(15)32)29(20(35-23)12-28(2,3)4)16-10-9-14(30)11-18(16)33-26(29)39/h6-11,13,20-21,23,35H,5,12H2,1-4H3,(H,33,39)(H,34,36,37)/t20-,21-,23+,29+/m0/s1. The van der Waals surface area contributed by atoms with Crippen LogP contribution >= 0.6 is 34.5 Å². The summed E-state index contributed by atoms with van der Waals surface area (Å²) in [6, 6.07) is 8.03. The topological polar surface area (TPSA) is 109 Å². The molecule has 1 saturated heterocycles. The SMILES string of the molecule is CCOC(=O)c1csc(NC(=O)[C@@H]2N[C@@H](CC(C)(C)C)[C@@]3(C(=O)Nc4cc(Cl)ccc43)[C@H]2c2cccc(Cl)c2F)n1. The number of carbonyl (C=O) groups is 3. The van der Waals surface area contributed by atoms with Crippen molar-refractivity contribution in [1.82, 2.24) is 10.3 Å². The van der Waals surface area contributed by atoms with E-state index in [0.717, 1.165) is 11.3 Å². The number of rotatable bonds is 6. The molecule has 216 valence electrons. The molecule has 3 aromatic rings. The van der Waals surface area contributed by atoms with E-state index >= 15 is 4.39 Å². The number of nitrogens with one attached hydrogen (secondary N) is 3. The van der Waals surface area contributed by atoms with Gasteiger partial charge in [0, 0.05) is 28.0 Å². The van der Waals surface area contributed by atoms with Crippen molar-refractivity contribution in [1.29, 1.82) is 0 Å². The largest absolute Gasteiger partial charge is 0.461 e. The summed E-state index contributed by atoms with van der Waals surface area (Å²) in [5, 5.41) is 11.1. The van der Waals surface area contributed by atoms with Gasteiger partial charge in [-0.15, -0.1) is 11.3 Å². The number of ether oxygens (including phenoxy) is 1. The van der Waals surface area contributed by atoms with Gasteiger partial charge in [0.2, 0.25) is 11.8 Å². The highest BCUT2D eigenvalue weighted by molar-refractivity contribution is 7.14. The van der Waals surface area contributed by atoms with Crippen LogP contribution in [0.5, 0.6) is 0 Å². The normalized spacial score (nSPS) is 23.4. The second-order valence-corrected chi connectivity index (χ2v) is 13.0. The molecule has 1 spiro atoms. The van der Waals surface area contributed by atoms with Crippen LogP contribution < -0.4 is 16.0 Å². The minimum absolute atomic E-state index is 0.0621. The van der Waals surface area contributed by atoms with Crippen LogP contribution in [0.3, 0.4) is 0 Å². The van der Waals surface area contributed by atoms with Crippen LogP contribution in [0.4, 0.5) is 15.2 Å². The quantitative estimate of drug-likeness (QED) is 0.286. The van der Waals surface area contributed by atoms with Gasteiger partial charge in [-0.2, -0.15) is 0 Å². The average Bonchev–Trinajstić information content (AvgIpc) is 3.56. The zero-order valence-electron chi connectivity index (χ0n) is 22.8. The molecule has 0 aliphatic carbocycles. The first-order chi connectivity index (χ1) is 19.4. The second-order valence-electron chi connectivity index (χ2n) is 11.3. The van der Waals surface area contributed by atoms with Crippen LogP contribution in [0.25, 0.3) is 0 Å². The van der Waals surface area contributed by atoms with E-state index in [1.165, 1.54) is 11.4 Å². The highest BCUT2D eigenvalue weighted by Crippen LogP contribution is 2.57. The van der Waals surface area contributed by atoms with Crippen LogP contribution in [-0.2, 0) is 19.7 Å². The van der Waals surface area contributed by atoms with Crippen LogP contribution in [0, 0.1) is 11.2 Å². The Morgan fingerprint density at radius 3 is 2.68 bits per heavy atom. The van der Waals surface area contributed by atoms with Gasteiger partial charge in [-0.25, -0.2) is 14.2 Å². The molecule has 1 aromatic heterocycles. The van der Waals surface area contributed by atoms with Crippen LogP contribution in [-0.4, -0.2) is 41.5 Å². The number of halogens is 3. The third kappa shape index (κ3) is 5.22. The predicted octanol–water partition coefficient (Wildman–Crippen LogP) is 6.15. The summed E-state index contributed by atoms with van der Waals surface area (Å²) in [5.74, 6) is -3.21. The summed E-state index contributed by atoms with van der Waals surface area (Å²) >= 11 is 13.6. The van der Waals surface area contributed by atoms with E-state index in [-0.39, 0.29) is 39.3 Å².